The molecule has 1 aromatic rings. The lowest BCUT2D eigenvalue weighted by molar-refractivity contribution is 0.0862. The number of carbonyl (C=O) groups excluding carboxylic acids is 1. The molecule has 1 rings (SSSR count). The molecule has 112 valence electrons. The molecule has 0 radical (unpaired) electrons. The number of carbonyl (C=O) groups is 1. The number of halogens is 4. The maximum atomic E-state index is 12.2. The van der Waals surface area contributed by atoms with Gasteiger partial charge in [-0.25, -0.2) is 0 Å². The number of benzene rings is 1. The van der Waals surface area contributed by atoms with Crippen LogP contribution in [0.3, 0.4) is 0 Å². The van der Waals surface area contributed by atoms with Gasteiger partial charge in [0.1, 0.15) is 6.17 Å². The lowest BCUT2D eigenvalue weighted by Gasteiger charge is -2.35. The van der Waals surface area contributed by atoms with Crippen molar-refractivity contribution in [1.82, 2.24) is 10.2 Å². The van der Waals surface area contributed by atoms with Crippen molar-refractivity contribution in [2.45, 2.75) is 23.8 Å². The first-order valence-electron chi connectivity index (χ1n) is 6.16. The average molecular weight is 358 g/mol. The maximum absolute atomic E-state index is 12.2. The molecule has 0 spiro atoms. The van der Waals surface area contributed by atoms with Crippen LogP contribution in [-0.2, 0) is 0 Å². The number of hydrogen-bond donors (Lipinski definition) is 1. The van der Waals surface area contributed by atoms with Gasteiger partial charge in [-0.3, -0.25) is 9.69 Å². The Balaban J connectivity index is 2.89. The van der Waals surface area contributed by atoms with E-state index in [1.807, 2.05) is 18.7 Å². The van der Waals surface area contributed by atoms with Gasteiger partial charge >= 0.3 is 0 Å². The molecule has 7 heteroatoms. The molecule has 1 amide bonds. The van der Waals surface area contributed by atoms with Crippen LogP contribution in [0.25, 0.3) is 0 Å². The summed E-state index contributed by atoms with van der Waals surface area (Å²) in [4.78, 5) is 14.1. The molecular formula is C13H16Cl4N2O. The average Bonchev–Trinajstić information content (AvgIpc) is 2.38. The van der Waals surface area contributed by atoms with E-state index in [2.05, 4.69) is 5.32 Å². The lowest BCUT2D eigenvalue weighted by atomic mass is 10.2. The van der Waals surface area contributed by atoms with Crippen molar-refractivity contribution in [3.05, 3.63) is 34.9 Å². The van der Waals surface area contributed by atoms with E-state index >= 15 is 0 Å². The SMILES string of the molecule is CCN(CC)C(NC(=O)c1ccc(Cl)cc1)C(Cl)(Cl)Cl. The molecule has 0 aliphatic heterocycles. The highest BCUT2D eigenvalue weighted by atomic mass is 35.6. The molecule has 0 aromatic heterocycles. The minimum absolute atomic E-state index is 0.315. The zero-order valence-electron chi connectivity index (χ0n) is 11.2. The molecule has 1 atom stereocenters. The predicted molar refractivity (Wildman–Crippen MR) is 85.9 cm³/mol. The molecular weight excluding hydrogens is 342 g/mol. The van der Waals surface area contributed by atoms with Gasteiger partial charge in [0.05, 0.1) is 0 Å². The number of nitrogens with one attached hydrogen (secondary N) is 1. The Morgan fingerprint density at radius 3 is 2.10 bits per heavy atom. The van der Waals surface area contributed by atoms with E-state index in [9.17, 15) is 4.79 Å². The second-order valence-electron chi connectivity index (χ2n) is 4.15. The Morgan fingerprint density at radius 2 is 1.70 bits per heavy atom. The van der Waals surface area contributed by atoms with Crippen LogP contribution in [0.1, 0.15) is 24.2 Å². The topological polar surface area (TPSA) is 32.3 Å². The van der Waals surface area contributed by atoms with Crippen molar-refractivity contribution in [2.75, 3.05) is 13.1 Å². The first-order chi connectivity index (χ1) is 9.29. The molecule has 0 aliphatic rings. The highest BCUT2D eigenvalue weighted by molar-refractivity contribution is 6.68. The summed E-state index contributed by atoms with van der Waals surface area (Å²) in [5, 5.41) is 3.30. The van der Waals surface area contributed by atoms with Gasteiger partial charge in [0.15, 0.2) is 0 Å². The van der Waals surface area contributed by atoms with E-state index in [4.69, 9.17) is 46.4 Å². The van der Waals surface area contributed by atoms with Gasteiger partial charge in [0.25, 0.3) is 5.91 Å². The van der Waals surface area contributed by atoms with E-state index in [-0.39, 0.29) is 5.91 Å². The minimum Gasteiger partial charge on any atom is -0.332 e. The standard InChI is InChI=1S/C13H16Cl4N2O/c1-3-19(4-2)12(13(15,16)17)18-11(20)9-5-7-10(14)8-6-9/h5-8,12H,3-4H2,1-2H3,(H,18,20). The molecule has 0 aliphatic carbocycles. The zero-order valence-corrected chi connectivity index (χ0v) is 14.2. The van der Waals surface area contributed by atoms with Crippen molar-refractivity contribution >= 4 is 52.3 Å². The third-order valence-electron chi connectivity index (χ3n) is 2.86. The molecule has 1 unspecified atom stereocenters. The molecule has 1 aromatic carbocycles. The Kier molecular flexibility index (Phi) is 6.89. The van der Waals surface area contributed by atoms with Crippen LogP contribution in [0.4, 0.5) is 0 Å². The molecule has 0 saturated carbocycles. The van der Waals surface area contributed by atoms with Crippen molar-refractivity contribution < 1.29 is 4.79 Å². The monoisotopic (exact) mass is 356 g/mol. The summed E-state index contributed by atoms with van der Waals surface area (Å²) >= 11 is 23.7. The van der Waals surface area contributed by atoms with Gasteiger partial charge in [0.2, 0.25) is 3.79 Å². The Morgan fingerprint density at radius 1 is 1.20 bits per heavy atom. The van der Waals surface area contributed by atoms with Crippen LogP contribution in [0.15, 0.2) is 24.3 Å². The number of alkyl halides is 3. The van der Waals surface area contributed by atoms with Gasteiger partial charge in [-0.15, -0.1) is 0 Å². The van der Waals surface area contributed by atoms with Gasteiger partial charge < -0.3 is 5.32 Å². The fourth-order valence-corrected chi connectivity index (χ4v) is 2.48. The molecule has 0 fully saturated rings. The Bertz CT molecular complexity index is 441. The van der Waals surface area contributed by atoms with Crippen molar-refractivity contribution in [3.8, 4) is 0 Å². The summed E-state index contributed by atoms with van der Waals surface area (Å²) in [5.74, 6) is -0.315. The summed E-state index contributed by atoms with van der Waals surface area (Å²) in [6, 6.07) is 6.51. The summed E-state index contributed by atoms with van der Waals surface area (Å²) < 4.78 is -1.62. The molecule has 3 nitrogen and oxygen atoms in total. The molecule has 0 saturated heterocycles. The Hall–Kier alpha value is -0.190. The van der Waals surface area contributed by atoms with Gasteiger partial charge in [0, 0.05) is 10.6 Å². The third-order valence-corrected chi connectivity index (χ3v) is 3.73. The Labute approximate surface area is 139 Å². The van der Waals surface area contributed by atoms with Crippen LogP contribution in [0.5, 0.6) is 0 Å². The molecule has 0 bridgehead atoms. The first-order valence-corrected chi connectivity index (χ1v) is 7.68. The van der Waals surface area contributed by atoms with E-state index in [1.165, 1.54) is 0 Å². The van der Waals surface area contributed by atoms with Gasteiger partial charge in [-0.05, 0) is 37.4 Å². The van der Waals surface area contributed by atoms with Crippen LogP contribution < -0.4 is 5.32 Å². The molecule has 20 heavy (non-hydrogen) atoms. The second kappa shape index (κ2) is 7.71. The third kappa shape index (κ3) is 4.97. The van der Waals surface area contributed by atoms with Gasteiger partial charge in [-0.1, -0.05) is 60.3 Å². The number of nitrogens with zero attached hydrogens (tertiary/aromatic N) is 1. The highest BCUT2D eigenvalue weighted by Crippen LogP contribution is 2.32. The largest absolute Gasteiger partial charge is 0.332 e. The van der Waals surface area contributed by atoms with Crippen molar-refractivity contribution in [3.63, 3.8) is 0 Å². The number of amides is 1. The van der Waals surface area contributed by atoms with Crippen LogP contribution in [-0.4, -0.2) is 33.9 Å². The number of rotatable bonds is 5. The van der Waals surface area contributed by atoms with E-state index < -0.39 is 9.96 Å². The lowest BCUT2D eigenvalue weighted by Crippen LogP contribution is -2.55. The fraction of sp³-hybridized carbons (Fsp3) is 0.462. The summed E-state index contributed by atoms with van der Waals surface area (Å²) in [6.07, 6.45) is -0.703. The summed E-state index contributed by atoms with van der Waals surface area (Å²) in [7, 11) is 0. The smallest absolute Gasteiger partial charge is 0.252 e. The minimum atomic E-state index is -1.62. The summed E-state index contributed by atoms with van der Waals surface area (Å²) in [5.41, 5.74) is 0.459. The van der Waals surface area contributed by atoms with Crippen molar-refractivity contribution in [2.24, 2.45) is 0 Å². The predicted octanol–water partition coefficient (Wildman–Crippen LogP) is 4.11. The molecule has 0 heterocycles. The van der Waals surface area contributed by atoms with Gasteiger partial charge in [-0.2, -0.15) is 0 Å². The molecule has 1 N–H and O–H groups in total. The van der Waals surface area contributed by atoms with E-state index in [0.29, 0.717) is 23.7 Å². The van der Waals surface area contributed by atoms with E-state index in [0.717, 1.165) is 0 Å². The maximum Gasteiger partial charge on any atom is 0.252 e. The fourth-order valence-electron chi connectivity index (χ4n) is 1.78. The zero-order chi connectivity index (χ0) is 15.3. The highest BCUT2D eigenvalue weighted by Gasteiger charge is 2.37. The van der Waals surface area contributed by atoms with Crippen molar-refractivity contribution in [1.29, 1.82) is 0 Å². The number of hydrogen-bond acceptors (Lipinski definition) is 2. The van der Waals surface area contributed by atoms with Crippen LogP contribution in [0.2, 0.25) is 5.02 Å². The van der Waals surface area contributed by atoms with Crippen LogP contribution in [0, 0.1) is 0 Å². The second-order valence-corrected chi connectivity index (χ2v) is 6.95. The first kappa shape index (κ1) is 17.9. The summed E-state index contributed by atoms with van der Waals surface area (Å²) in [6.45, 7) is 5.16. The van der Waals surface area contributed by atoms with Crippen LogP contribution >= 0.6 is 46.4 Å². The normalized spacial score (nSPS) is 13.3. The quantitative estimate of drug-likeness (QED) is 0.635. The van der Waals surface area contributed by atoms with E-state index in [1.54, 1.807) is 24.3 Å².